The number of phenolic OH excluding ortho intramolecular Hbond substituents is 1. The Balaban J connectivity index is 1.90. The number of hydrogen-bond donors (Lipinski definition) is 17. The molecule has 1 aromatic heterocycles. The second-order valence-electron chi connectivity index (χ2n) is 20.7. The van der Waals surface area contributed by atoms with Gasteiger partial charge in [0.05, 0.1) is 24.6 Å². The van der Waals surface area contributed by atoms with Crippen LogP contribution in [-0.4, -0.2) is 187 Å². The SMILES string of the molecule is CC(C)C[C@H](NC(=O)[C@H](CCCCN)NC(=O)[C@@H](N)Cc1cnc[nH]1)C(=O)N[C@@H](CCCCN)C(=O)N[C@H](C(=O)N[C@@H](Cc1ccc(O)cc1)C(=O)N1CCC[C@H]1C(=O)N[C@@H](CCCN=C(N)N)C(=O)N[C@H](C(=O)O)[C@@H](C)O)[C@@H](C)O. The number of nitrogens with zero attached hydrogens (tertiary/aromatic N) is 3. The number of aliphatic imine (C=N–C) groups is 1. The summed E-state index contributed by atoms with van der Waals surface area (Å²) in [6, 6.07) is -6.63. The number of amides is 8. The molecular formula is C52H86N16O13. The van der Waals surface area contributed by atoms with Crippen LogP contribution in [0.4, 0.5) is 0 Å². The van der Waals surface area contributed by atoms with E-state index in [2.05, 4.69) is 52.2 Å². The summed E-state index contributed by atoms with van der Waals surface area (Å²) in [6.07, 6.45) is 2.15. The fourth-order valence-corrected chi connectivity index (χ4v) is 8.95. The average Bonchev–Trinajstić information content (AvgIpc) is 4.13. The number of nitrogens with two attached hydrogens (primary N) is 5. The number of rotatable bonds is 36. The molecule has 0 aliphatic carbocycles. The summed E-state index contributed by atoms with van der Waals surface area (Å²) in [6.45, 7) is 6.61. The van der Waals surface area contributed by atoms with Crippen LogP contribution < -0.4 is 65.9 Å². The molecule has 452 valence electrons. The summed E-state index contributed by atoms with van der Waals surface area (Å²) in [4.78, 5) is 136. The molecule has 3 rings (SSSR count). The second kappa shape index (κ2) is 34.6. The van der Waals surface area contributed by atoms with Crippen LogP contribution in [0.5, 0.6) is 5.75 Å². The van der Waals surface area contributed by atoms with Crippen molar-refractivity contribution in [1.29, 1.82) is 0 Å². The number of aliphatic hydroxyl groups is 2. The van der Waals surface area contributed by atoms with E-state index in [9.17, 15) is 63.6 Å². The molecular weight excluding hydrogens is 1060 g/mol. The number of phenols is 1. The van der Waals surface area contributed by atoms with Gasteiger partial charge < -0.3 is 96.2 Å². The van der Waals surface area contributed by atoms with Crippen molar-refractivity contribution in [2.45, 2.75) is 178 Å². The molecule has 22 N–H and O–H groups in total. The molecule has 81 heavy (non-hydrogen) atoms. The van der Waals surface area contributed by atoms with E-state index < -0.39 is 120 Å². The predicted octanol–water partition coefficient (Wildman–Crippen LogP) is -4.18. The summed E-state index contributed by atoms with van der Waals surface area (Å²) < 4.78 is 0. The van der Waals surface area contributed by atoms with Crippen LogP contribution in [0, 0.1) is 5.92 Å². The van der Waals surface area contributed by atoms with E-state index in [1.165, 1.54) is 48.6 Å². The van der Waals surface area contributed by atoms with Crippen LogP contribution in [0.25, 0.3) is 0 Å². The molecule has 29 nitrogen and oxygen atoms in total. The Bertz CT molecular complexity index is 2390. The van der Waals surface area contributed by atoms with Gasteiger partial charge in [0, 0.05) is 37.8 Å². The zero-order chi connectivity index (χ0) is 60.3. The lowest BCUT2D eigenvalue weighted by molar-refractivity contribution is -0.145. The number of carboxylic acids is 1. The van der Waals surface area contributed by atoms with Crippen LogP contribution in [-0.2, 0) is 56.0 Å². The quantitative estimate of drug-likeness (QED) is 0.0175. The molecule has 29 heteroatoms. The maximum Gasteiger partial charge on any atom is 0.328 e. The number of guanidine groups is 1. The van der Waals surface area contributed by atoms with Crippen molar-refractivity contribution >= 4 is 59.2 Å². The van der Waals surface area contributed by atoms with Crippen LogP contribution in [0.1, 0.15) is 110 Å². The lowest BCUT2D eigenvalue weighted by Gasteiger charge is -2.31. The first-order chi connectivity index (χ1) is 38.4. The van der Waals surface area contributed by atoms with E-state index in [1.54, 1.807) is 0 Å². The molecule has 1 aromatic carbocycles. The van der Waals surface area contributed by atoms with Crippen molar-refractivity contribution in [1.82, 2.24) is 52.1 Å². The normalized spacial score (nSPS) is 16.9. The molecule has 2 heterocycles. The van der Waals surface area contributed by atoms with Crippen LogP contribution in [0.15, 0.2) is 41.8 Å². The van der Waals surface area contributed by atoms with Crippen LogP contribution in [0.2, 0.25) is 0 Å². The van der Waals surface area contributed by atoms with Gasteiger partial charge in [-0.2, -0.15) is 0 Å². The van der Waals surface area contributed by atoms with E-state index in [4.69, 9.17) is 28.7 Å². The monoisotopic (exact) mass is 1140 g/mol. The first-order valence-electron chi connectivity index (χ1n) is 27.3. The number of hydrogen-bond acceptors (Lipinski definition) is 17. The van der Waals surface area contributed by atoms with Gasteiger partial charge in [0.1, 0.15) is 48.0 Å². The third-order valence-corrected chi connectivity index (χ3v) is 13.3. The van der Waals surface area contributed by atoms with Gasteiger partial charge in [-0.05, 0) is 121 Å². The van der Waals surface area contributed by atoms with Crippen molar-refractivity contribution in [3.05, 3.63) is 48.0 Å². The zero-order valence-electron chi connectivity index (χ0n) is 46.6. The van der Waals surface area contributed by atoms with Crippen molar-refractivity contribution in [2.24, 2.45) is 39.6 Å². The topological polar surface area (TPSA) is 493 Å². The van der Waals surface area contributed by atoms with Gasteiger partial charge in [0.2, 0.25) is 47.3 Å². The highest BCUT2D eigenvalue weighted by atomic mass is 16.4. The molecule has 1 saturated heterocycles. The number of aliphatic hydroxyl groups excluding tert-OH is 2. The summed E-state index contributed by atoms with van der Waals surface area (Å²) in [7, 11) is 0. The Kier molecular flexibility index (Phi) is 29.0. The molecule has 0 bridgehead atoms. The highest BCUT2D eigenvalue weighted by Gasteiger charge is 2.41. The number of H-pyrrole nitrogens is 1. The fraction of sp³-hybridized carbons (Fsp3) is 0.635. The van der Waals surface area contributed by atoms with Crippen LogP contribution in [0.3, 0.4) is 0 Å². The van der Waals surface area contributed by atoms with Crippen molar-refractivity contribution in [2.75, 3.05) is 26.2 Å². The summed E-state index contributed by atoms with van der Waals surface area (Å²) >= 11 is 0. The Morgan fingerprint density at radius 1 is 0.679 bits per heavy atom. The van der Waals surface area contributed by atoms with Gasteiger partial charge in [0.15, 0.2) is 12.0 Å². The molecule has 1 fully saturated rings. The number of nitrogens with one attached hydrogen (secondary N) is 8. The highest BCUT2D eigenvalue weighted by molar-refractivity contribution is 5.98. The number of benzene rings is 1. The Hall–Kier alpha value is -7.47. The van der Waals surface area contributed by atoms with Gasteiger partial charge in [-0.15, -0.1) is 0 Å². The lowest BCUT2D eigenvalue weighted by Crippen LogP contribution is -2.62. The molecule has 8 amide bonds. The maximum absolute atomic E-state index is 14.7. The van der Waals surface area contributed by atoms with Crippen molar-refractivity contribution < 1.29 is 63.6 Å². The minimum absolute atomic E-state index is 0.00286. The number of aromatic hydroxyl groups is 1. The lowest BCUT2D eigenvalue weighted by atomic mass is 10.00. The number of likely N-dealkylation sites (tertiary alicyclic amines) is 1. The number of aromatic nitrogens is 2. The minimum Gasteiger partial charge on any atom is -0.508 e. The van der Waals surface area contributed by atoms with E-state index >= 15 is 0 Å². The number of imidazole rings is 1. The third kappa shape index (κ3) is 23.3. The second-order valence-corrected chi connectivity index (χ2v) is 20.7. The van der Waals surface area contributed by atoms with Gasteiger partial charge >= 0.3 is 5.97 Å². The number of carboxylic acid groups (broad SMARTS) is 1. The van der Waals surface area contributed by atoms with Gasteiger partial charge in [-0.1, -0.05) is 26.0 Å². The molecule has 0 spiro atoms. The number of carbonyl (C=O) groups excluding carboxylic acids is 8. The fourth-order valence-electron chi connectivity index (χ4n) is 8.95. The van der Waals surface area contributed by atoms with E-state index in [0.29, 0.717) is 49.9 Å². The summed E-state index contributed by atoms with van der Waals surface area (Å²) in [5.74, 6) is -8.58. The van der Waals surface area contributed by atoms with Crippen molar-refractivity contribution in [3.8, 4) is 5.75 Å². The number of carbonyl (C=O) groups is 9. The molecule has 0 saturated carbocycles. The highest BCUT2D eigenvalue weighted by Crippen LogP contribution is 2.22. The van der Waals surface area contributed by atoms with Gasteiger partial charge in [-0.25, -0.2) is 9.78 Å². The van der Waals surface area contributed by atoms with Gasteiger partial charge in [-0.3, -0.25) is 43.3 Å². The molecule has 1 aliphatic heterocycles. The molecule has 0 radical (unpaired) electrons. The predicted molar refractivity (Wildman–Crippen MR) is 297 cm³/mol. The molecule has 2 aromatic rings. The number of aromatic amines is 1. The first-order valence-corrected chi connectivity index (χ1v) is 27.3. The minimum atomic E-state index is -1.75. The Morgan fingerprint density at radius 3 is 1.73 bits per heavy atom. The molecule has 1 aliphatic rings. The third-order valence-electron chi connectivity index (χ3n) is 13.3. The Labute approximate surface area is 470 Å². The van der Waals surface area contributed by atoms with E-state index in [1.807, 2.05) is 13.8 Å². The number of aliphatic carboxylic acids is 1. The van der Waals surface area contributed by atoms with Gasteiger partial charge in [0.25, 0.3) is 0 Å². The first kappa shape index (κ1) is 67.8. The standard InChI is InChI=1S/C52H86N16O13/c1-28(2)23-38(64-44(73)35(11-5-7-19-53)61-43(72)34(55)25-32-26-58-27-60-32)47(76)62-36(12-6-8-20-54)45(74)66-41(29(3)69)49(78)65-39(24-31-15-17-33(71)18-16-31)50(79)68-22-10-14-40(68)48(77)63-37(13-9-21-59-52(56)57)46(75)67-42(30(4)70)51(80)81/h15-18,26-30,34-42,69-71H,5-14,19-25,53-55H2,1-4H3,(H,58,60)(H,61,72)(H,62,76)(H,63,77)(H,64,73)(H,65,78)(H,66,74)(H,67,75)(H,80,81)(H4,56,57,59)/t29-,30-,34+,35+,36+,37+,38+,39+,40+,41+,42+/m1/s1. The molecule has 0 unspecified atom stereocenters. The largest absolute Gasteiger partial charge is 0.508 e. The average molecular weight is 1140 g/mol. The van der Waals surface area contributed by atoms with E-state index in [-0.39, 0.29) is 88.6 Å². The van der Waals surface area contributed by atoms with Crippen LogP contribution >= 0.6 is 0 Å². The summed E-state index contributed by atoms with van der Waals surface area (Å²) in [5, 5.41) is 58.9. The molecule has 11 atom stereocenters. The zero-order valence-corrected chi connectivity index (χ0v) is 46.6. The number of unbranched alkanes of at least 4 members (excludes halogenated alkanes) is 2. The maximum atomic E-state index is 14.7. The van der Waals surface area contributed by atoms with Crippen molar-refractivity contribution in [3.63, 3.8) is 0 Å². The Morgan fingerprint density at radius 2 is 1.20 bits per heavy atom. The van der Waals surface area contributed by atoms with E-state index in [0.717, 1.165) is 6.92 Å². The summed E-state index contributed by atoms with van der Waals surface area (Å²) in [5.41, 5.74) is 29.6. The smallest absolute Gasteiger partial charge is 0.328 e.